The predicted octanol–water partition coefficient (Wildman–Crippen LogP) is 1.87. The molecule has 2 aliphatic rings. The van der Waals surface area contributed by atoms with Crippen LogP contribution >= 0.6 is 0 Å². The first kappa shape index (κ1) is 21.1. The van der Waals surface area contributed by atoms with E-state index >= 15 is 0 Å². The molecule has 2 saturated heterocycles. The molecule has 0 aromatic carbocycles. The van der Waals surface area contributed by atoms with Crippen LogP contribution in [0.2, 0.25) is 0 Å². The number of fused-ring (bicyclic) bond motifs is 1. The predicted molar refractivity (Wildman–Crippen MR) is 113 cm³/mol. The maximum absolute atomic E-state index is 13.0. The lowest BCUT2D eigenvalue weighted by atomic mass is 10.2. The quantitative estimate of drug-likeness (QED) is 0.766. The molecule has 0 aliphatic carbocycles. The Morgan fingerprint density at radius 2 is 1.84 bits per heavy atom. The summed E-state index contributed by atoms with van der Waals surface area (Å²) in [4.78, 5) is 45.3. The van der Waals surface area contributed by atoms with Crippen molar-refractivity contribution in [2.24, 2.45) is 5.73 Å². The third-order valence-corrected chi connectivity index (χ3v) is 5.70. The molecule has 0 radical (unpaired) electrons. The molecule has 3 N–H and O–H groups in total. The van der Waals surface area contributed by atoms with Gasteiger partial charge in [-0.25, -0.2) is 9.78 Å². The molecule has 2 fully saturated rings. The Kier molecular flexibility index (Phi) is 6.08. The van der Waals surface area contributed by atoms with Gasteiger partial charge in [0, 0.05) is 25.3 Å². The van der Waals surface area contributed by atoms with Gasteiger partial charge >= 0.3 is 6.03 Å². The van der Waals surface area contributed by atoms with Gasteiger partial charge in [0.25, 0.3) is 11.8 Å². The average Bonchev–Trinajstić information content (AvgIpc) is 2.92. The third-order valence-electron chi connectivity index (χ3n) is 5.70. The summed E-state index contributed by atoms with van der Waals surface area (Å²) in [5.41, 5.74) is 6.54. The minimum absolute atomic E-state index is 0.0781. The first-order chi connectivity index (χ1) is 14.9. The van der Waals surface area contributed by atoms with Gasteiger partial charge in [0.1, 0.15) is 5.69 Å². The Hall–Kier alpha value is -3.14. The number of rotatable bonds is 3. The Morgan fingerprint density at radius 1 is 1.10 bits per heavy atom. The molecule has 0 spiro atoms. The largest absolute Gasteiger partial charge is 0.430 e. The van der Waals surface area contributed by atoms with E-state index in [0.717, 1.165) is 38.8 Å². The van der Waals surface area contributed by atoms with Crippen molar-refractivity contribution in [2.75, 3.05) is 38.1 Å². The fraction of sp³-hybridized carbons (Fsp3) is 0.524. The minimum atomic E-state index is -0.804. The Balaban J connectivity index is 1.49. The molecule has 2 aromatic heterocycles. The summed E-state index contributed by atoms with van der Waals surface area (Å²) in [7, 11) is 0. The van der Waals surface area contributed by atoms with Crippen LogP contribution in [0.3, 0.4) is 0 Å². The van der Waals surface area contributed by atoms with Crippen molar-refractivity contribution >= 4 is 34.6 Å². The number of carbonyl (C=O) groups excluding carboxylic acids is 3. The van der Waals surface area contributed by atoms with E-state index < -0.39 is 18.0 Å². The number of carbonyl (C=O) groups is 3. The summed E-state index contributed by atoms with van der Waals surface area (Å²) in [6.45, 7) is 3.96. The summed E-state index contributed by atoms with van der Waals surface area (Å²) >= 11 is 0. The molecule has 31 heavy (non-hydrogen) atoms. The lowest BCUT2D eigenvalue weighted by Crippen LogP contribution is -2.53. The normalized spacial score (nSPS) is 19.8. The van der Waals surface area contributed by atoms with Gasteiger partial charge in [-0.05, 0) is 31.9 Å². The summed E-state index contributed by atoms with van der Waals surface area (Å²) in [6, 6.07) is 3.01. The van der Waals surface area contributed by atoms with E-state index in [0.29, 0.717) is 17.6 Å². The Labute approximate surface area is 179 Å². The monoisotopic (exact) mass is 429 g/mol. The maximum atomic E-state index is 13.0. The molecule has 0 saturated carbocycles. The number of nitrogens with zero attached hydrogens (tertiary/aromatic N) is 3. The number of aromatic nitrogens is 1. The highest BCUT2D eigenvalue weighted by Crippen LogP contribution is 2.30. The lowest BCUT2D eigenvalue weighted by molar-refractivity contribution is -0.147. The number of likely N-dealkylation sites (tertiary alicyclic amines) is 1. The van der Waals surface area contributed by atoms with Crippen LogP contribution in [0.4, 0.5) is 10.5 Å². The molecule has 0 bridgehead atoms. The van der Waals surface area contributed by atoms with Crippen LogP contribution in [0, 0.1) is 6.92 Å². The SMILES string of the molecule is Cc1ccc2c(NC(=O)N3CCOC(C(=O)N4CCCCCC4)C3)c(C(N)=O)oc2n1. The molecule has 4 heterocycles. The molecule has 4 rings (SSSR count). The third kappa shape index (κ3) is 4.48. The zero-order chi connectivity index (χ0) is 22.0. The van der Waals surface area contributed by atoms with Gasteiger partial charge in [-0.3, -0.25) is 9.59 Å². The van der Waals surface area contributed by atoms with E-state index in [1.165, 1.54) is 4.90 Å². The Morgan fingerprint density at radius 3 is 2.55 bits per heavy atom. The van der Waals surface area contributed by atoms with Crippen LogP contribution in [0.15, 0.2) is 16.5 Å². The molecule has 2 aromatic rings. The van der Waals surface area contributed by atoms with E-state index in [-0.39, 0.29) is 36.2 Å². The number of hydrogen-bond donors (Lipinski definition) is 2. The number of morpholine rings is 1. The number of primary amides is 1. The number of hydrogen-bond acceptors (Lipinski definition) is 6. The van der Waals surface area contributed by atoms with Crippen molar-refractivity contribution in [3.8, 4) is 0 Å². The number of furan rings is 1. The van der Waals surface area contributed by atoms with Crippen LogP contribution in [0.5, 0.6) is 0 Å². The molecule has 4 amide bonds. The molecular formula is C21H27N5O5. The lowest BCUT2D eigenvalue weighted by Gasteiger charge is -2.34. The number of nitrogens with one attached hydrogen (secondary N) is 1. The van der Waals surface area contributed by atoms with Crippen molar-refractivity contribution in [1.82, 2.24) is 14.8 Å². The van der Waals surface area contributed by atoms with Gasteiger partial charge in [0.05, 0.1) is 18.5 Å². The van der Waals surface area contributed by atoms with E-state index in [1.54, 1.807) is 19.1 Å². The van der Waals surface area contributed by atoms with Crippen molar-refractivity contribution in [3.63, 3.8) is 0 Å². The summed E-state index contributed by atoms with van der Waals surface area (Å²) < 4.78 is 11.2. The standard InChI is InChI=1S/C21H27N5O5/c1-13-6-7-14-16(17(18(22)27)31-19(14)23-13)24-21(29)26-10-11-30-15(12-26)20(28)25-8-4-2-3-5-9-25/h6-7,15H,2-5,8-12H2,1H3,(H2,22,27)(H,24,29). The van der Waals surface area contributed by atoms with Crippen LogP contribution in [-0.2, 0) is 9.53 Å². The molecule has 1 unspecified atom stereocenters. The van der Waals surface area contributed by atoms with Crippen molar-refractivity contribution in [2.45, 2.75) is 38.7 Å². The average molecular weight is 429 g/mol. The molecule has 10 nitrogen and oxygen atoms in total. The van der Waals surface area contributed by atoms with Crippen LogP contribution in [-0.4, -0.2) is 71.5 Å². The fourth-order valence-electron chi connectivity index (χ4n) is 4.03. The highest BCUT2D eigenvalue weighted by atomic mass is 16.5. The first-order valence-corrected chi connectivity index (χ1v) is 10.6. The number of urea groups is 1. The molecule has 166 valence electrons. The van der Waals surface area contributed by atoms with E-state index in [1.807, 2.05) is 4.90 Å². The fourth-order valence-corrected chi connectivity index (χ4v) is 4.03. The number of nitrogens with two attached hydrogens (primary N) is 1. The van der Waals surface area contributed by atoms with Gasteiger partial charge < -0.3 is 30.0 Å². The first-order valence-electron chi connectivity index (χ1n) is 10.6. The van der Waals surface area contributed by atoms with Gasteiger partial charge in [-0.2, -0.15) is 0 Å². The van der Waals surface area contributed by atoms with E-state index in [4.69, 9.17) is 14.9 Å². The minimum Gasteiger partial charge on any atom is -0.430 e. The van der Waals surface area contributed by atoms with Crippen LogP contribution in [0.25, 0.3) is 11.1 Å². The summed E-state index contributed by atoms with van der Waals surface area (Å²) in [6.07, 6.45) is 3.52. The number of amides is 4. The highest BCUT2D eigenvalue weighted by Gasteiger charge is 2.33. The number of anilines is 1. The van der Waals surface area contributed by atoms with E-state index in [2.05, 4.69) is 10.3 Å². The van der Waals surface area contributed by atoms with Crippen molar-refractivity contribution in [3.05, 3.63) is 23.6 Å². The maximum Gasteiger partial charge on any atom is 0.322 e. The second-order valence-electron chi connectivity index (χ2n) is 7.95. The van der Waals surface area contributed by atoms with Crippen LogP contribution in [0.1, 0.15) is 41.9 Å². The second-order valence-corrected chi connectivity index (χ2v) is 7.95. The number of pyridine rings is 1. The van der Waals surface area contributed by atoms with Crippen molar-refractivity contribution in [1.29, 1.82) is 0 Å². The Bertz CT molecular complexity index is 995. The number of aryl methyl sites for hydroxylation is 1. The number of ether oxygens (including phenoxy) is 1. The van der Waals surface area contributed by atoms with Crippen LogP contribution < -0.4 is 11.1 Å². The van der Waals surface area contributed by atoms with E-state index in [9.17, 15) is 14.4 Å². The summed E-state index contributed by atoms with van der Waals surface area (Å²) in [5, 5.41) is 3.21. The zero-order valence-corrected chi connectivity index (χ0v) is 17.6. The summed E-state index contributed by atoms with van der Waals surface area (Å²) in [5.74, 6) is -1.04. The van der Waals surface area contributed by atoms with Gasteiger partial charge in [0.15, 0.2) is 6.10 Å². The second kappa shape index (κ2) is 8.93. The topological polar surface area (TPSA) is 131 Å². The van der Waals surface area contributed by atoms with Gasteiger partial charge in [-0.1, -0.05) is 12.8 Å². The van der Waals surface area contributed by atoms with Gasteiger partial charge in [-0.15, -0.1) is 0 Å². The van der Waals surface area contributed by atoms with Gasteiger partial charge in [0.2, 0.25) is 11.5 Å². The molecular weight excluding hydrogens is 402 g/mol. The van der Waals surface area contributed by atoms with Crippen molar-refractivity contribution < 1.29 is 23.5 Å². The highest BCUT2D eigenvalue weighted by molar-refractivity contribution is 6.09. The molecule has 10 heteroatoms. The smallest absolute Gasteiger partial charge is 0.322 e. The molecule has 2 aliphatic heterocycles. The zero-order valence-electron chi connectivity index (χ0n) is 17.6. The molecule has 1 atom stereocenters.